The first-order chi connectivity index (χ1) is 7.63. The summed E-state index contributed by atoms with van der Waals surface area (Å²) in [4.78, 5) is 21.8. The molecule has 1 aromatic carbocycles. The van der Waals surface area contributed by atoms with Gasteiger partial charge in [-0.25, -0.2) is 9.59 Å². The Bertz CT molecular complexity index is 449. The highest BCUT2D eigenvalue weighted by Crippen LogP contribution is 2.10. The van der Waals surface area contributed by atoms with Gasteiger partial charge in [-0.15, -0.1) is 6.42 Å². The van der Waals surface area contributed by atoms with Gasteiger partial charge < -0.3 is 15.7 Å². The third kappa shape index (κ3) is 3.35. The average molecular weight is 218 g/mol. The number of carboxylic acids is 1. The van der Waals surface area contributed by atoms with Gasteiger partial charge in [-0.1, -0.05) is 12.0 Å². The molecule has 0 aromatic heterocycles. The van der Waals surface area contributed by atoms with E-state index in [0.717, 1.165) is 0 Å². The molecule has 0 heterocycles. The van der Waals surface area contributed by atoms with Gasteiger partial charge >= 0.3 is 12.0 Å². The Balaban J connectivity index is 2.67. The van der Waals surface area contributed by atoms with E-state index in [9.17, 15) is 9.59 Å². The zero-order chi connectivity index (χ0) is 12.0. The third-order valence-electron chi connectivity index (χ3n) is 1.72. The second kappa shape index (κ2) is 5.41. The molecule has 3 N–H and O–H groups in total. The van der Waals surface area contributed by atoms with Crippen LogP contribution in [0.2, 0.25) is 0 Å². The highest BCUT2D eigenvalue weighted by atomic mass is 16.4. The summed E-state index contributed by atoms with van der Waals surface area (Å²) in [5.74, 6) is 1.20. The molecule has 0 saturated heterocycles. The Kier molecular flexibility index (Phi) is 3.92. The zero-order valence-electron chi connectivity index (χ0n) is 8.36. The van der Waals surface area contributed by atoms with Crippen LogP contribution < -0.4 is 10.6 Å². The molecule has 0 fully saturated rings. The number of nitrogens with one attached hydrogen (secondary N) is 2. The summed E-state index contributed by atoms with van der Waals surface area (Å²) in [6.07, 6.45) is 4.96. The van der Waals surface area contributed by atoms with Crippen molar-refractivity contribution in [3.8, 4) is 12.3 Å². The fraction of sp³-hybridized carbons (Fsp3) is 0.0909. The minimum absolute atomic E-state index is 0.106. The minimum atomic E-state index is -1.05. The number of rotatable bonds is 3. The number of urea groups is 1. The Morgan fingerprint density at radius 1 is 1.44 bits per heavy atom. The first kappa shape index (κ1) is 11.6. The number of benzene rings is 1. The number of hydrogen-bond acceptors (Lipinski definition) is 2. The van der Waals surface area contributed by atoms with Gasteiger partial charge in [0.15, 0.2) is 0 Å². The van der Waals surface area contributed by atoms with Crippen LogP contribution in [0.4, 0.5) is 10.5 Å². The lowest BCUT2D eigenvalue weighted by Gasteiger charge is -2.05. The molecule has 1 aromatic rings. The first-order valence-electron chi connectivity index (χ1n) is 4.45. The van der Waals surface area contributed by atoms with Crippen molar-refractivity contribution in [1.82, 2.24) is 5.32 Å². The van der Waals surface area contributed by atoms with Crippen molar-refractivity contribution in [2.75, 3.05) is 11.9 Å². The van der Waals surface area contributed by atoms with E-state index < -0.39 is 12.0 Å². The lowest BCUT2D eigenvalue weighted by atomic mass is 10.2. The Morgan fingerprint density at radius 3 is 2.81 bits per heavy atom. The number of carboxylic acid groups (broad SMARTS) is 1. The van der Waals surface area contributed by atoms with E-state index in [0.29, 0.717) is 5.69 Å². The van der Waals surface area contributed by atoms with Crippen LogP contribution in [0.25, 0.3) is 0 Å². The van der Waals surface area contributed by atoms with Crippen LogP contribution in [0.3, 0.4) is 0 Å². The molecule has 0 aliphatic carbocycles. The second-order valence-electron chi connectivity index (χ2n) is 2.90. The number of anilines is 1. The third-order valence-corrected chi connectivity index (χ3v) is 1.72. The fourth-order valence-electron chi connectivity index (χ4n) is 1.04. The van der Waals surface area contributed by atoms with Crippen LogP contribution in [0.5, 0.6) is 0 Å². The van der Waals surface area contributed by atoms with Crippen LogP contribution in [0.15, 0.2) is 24.3 Å². The normalized spacial score (nSPS) is 8.94. The average Bonchev–Trinajstić information content (AvgIpc) is 2.26. The largest absolute Gasteiger partial charge is 0.478 e. The van der Waals surface area contributed by atoms with Crippen molar-refractivity contribution in [2.45, 2.75) is 0 Å². The minimum Gasteiger partial charge on any atom is -0.478 e. The number of carbonyl (C=O) groups is 2. The molecule has 5 heteroatoms. The van der Waals surface area contributed by atoms with Crippen molar-refractivity contribution in [3.05, 3.63) is 29.8 Å². The van der Waals surface area contributed by atoms with E-state index in [1.807, 2.05) is 0 Å². The van der Waals surface area contributed by atoms with Gasteiger partial charge in [-0.2, -0.15) is 0 Å². The lowest BCUT2D eigenvalue weighted by Crippen LogP contribution is -2.28. The van der Waals surface area contributed by atoms with Gasteiger partial charge in [-0.05, 0) is 18.2 Å². The maximum atomic E-state index is 11.2. The number of carbonyl (C=O) groups excluding carboxylic acids is 1. The summed E-state index contributed by atoms with van der Waals surface area (Å²) in [7, 11) is 0. The van der Waals surface area contributed by atoms with Crippen LogP contribution in [-0.2, 0) is 0 Å². The van der Waals surface area contributed by atoms with E-state index in [1.54, 1.807) is 12.1 Å². The molecular formula is C11H10N2O3. The maximum absolute atomic E-state index is 11.2. The summed E-state index contributed by atoms with van der Waals surface area (Å²) in [5, 5.41) is 13.6. The number of terminal acetylenes is 1. The lowest BCUT2D eigenvalue weighted by molar-refractivity contribution is 0.0697. The predicted molar refractivity (Wildman–Crippen MR) is 59.3 cm³/mol. The van der Waals surface area contributed by atoms with E-state index >= 15 is 0 Å². The van der Waals surface area contributed by atoms with Crippen molar-refractivity contribution in [2.24, 2.45) is 0 Å². The molecule has 0 spiro atoms. The number of aromatic carboxylic acids is 1. The summed E-state index contributed by atoms with van der Waals surface area (Å²) in [6.45, 7) is 0.116. The molecule has 5 nitrogen and oxygen atoms in total. The van der Waals surface area contributed by atoms with Crippen molar-refractivity contribution >= 4 is 17.7 Å². The molecular weight excluding hydrogens is 208 g/mol. The Labute approximate surface area is 92.5 Å². The number of hydrogen-bond donors (Lipinski definition) is 3. The van der Waals surface area contributed by atoms with Crippen LogP contribution in [0, 0.1) is 12.3 Å². The molecule has 0 aliphatic rings. The predicted octanol–water partition coefficient (Wildman–Crippen LogP) is 1.14. The molecule has 82 valence electrons. The molecule has 0 aliphatic heterocycles. The Hall–Kier alpha value is -2.48. The van der Waals surface area contributed by atoms with Crippen LogP contribution >= 0.6 is 0 Å². The zero-order valence-corrected chi connectivity index (χ0v) is 8.36. The molecule has 0 unspecified atom stereocenters. The standard InChI is InChI=1S/C11H10N2O3/c1-2-6-12-11(16)13-9-5-3-4-8(7-9)10(14)15/h1,3-5,7H,6H2,(H,14,15)(H2,12,13,16). The van der Waals surface area contributed by atoms with Gasteiger partial charge in [0.1, 0.15) is 0 Å². The maximum Gasteiger partial charge on any atom is 0.335 e. The van der Waals surface area contributed by atoms with E-state index in [-0.39, 0.29) is 12.1 Å². The molecule has 1 rings (SSSR count). The van der Waals surface area contributed by atoms with E-state index in [2.05, 4.69) is 16.6 Å². The summed E-state index contributed by atoms with van der Waals surface area (Å²) < 4.78 is 0. The first-order valence-corrected chi connectivity index (χ1v) is 4.45. The topological polar surface area (TPSA) is 78.4 Å². The quantitative estimate of drug-likeness (QED) is 0.665. The van der Waals surface area contributed by atoms with Gasteiger partial charge in [0, 0.05) is 5.69 Å². The molecule has 0 bridgehead atoms. The Morgan fingerprint density at radius 2 is 2.19 bits per heavy atom. The summed E-state index contributed by atoms with van der Waals surface area (Å²) in [6, 6.07) is 5.45. The van der Waals surface area contributed by atoms with Crippen molar-refractivity contribution in [1.29, 1.82) is 0 Å². The highest BCUT2D eigenvalue weighted by molar-refractivity contribution is 5.93. The van der Waals surface area contributed by atoms with E-state index in [1.165, 1.54) is 12.1 Å². The summed E-state index contributed by atoms with van der Waals surface area (Å²) in [5.41, 5.74) is 0.504. The fourth-order valence-corrected chi connectivity index (χ4v) is 1.04. The van der Waals surface area contributed by atoms with Crippen LogP contribution in [-0.4, -0.2) is 23.7 Å². The van der Waals surface area contributed by atoms with Gasteiger partial charge in [-0.3, -0.25) is 0 Å². The second-order valence-corrected chi connectivity index (χ2v) is 2.90. The van der Waals surface area contributed by atoms with Gasteiger partial charge in [0.2, 0.25) is 0 Å². The number of amides is 2. The monoisotopic (exact) mass is 218 g/mol. The van der Waals surface area contributed by atoms with Gasteiger partial charge in [0.05, 0.1) is 12.1 Å². The molecule has 2 amide bonds. The molecule has 0 atom stereocenters. The van der Waals surface area contributed by atoms with Crippen LogP contribution in [0.1, 0.15) is 10.4 Å². The molecule has 0 saturated carbocycles. The smallest absolute Gasteiger partial charge is 0.335 e. The van der Waals surface area contributed by atoms with Crippen molar-refractivity contribution in [3.63, 3.8) is 0 Å². The molecule has 0 radical (unpaired) electrons. The van der Waals surface area contributed by atoms with Gasteiger partial charge in [0.25, 0.3) is 0 Å². The highest BCUT2D eigenvalue weighted by Gasteiger charge is 2.04. The van der Waals surface area contributed by atoms with Crippen molar-refractivity contribution < 1.29 is 14.7 Å². The SMILES string of the molecule is C#CCNC(=O)Nc1cccc(C(=O)O)c1. The molecule has 16 heavy (non-hydrogen) atoms. The van der Waals surface area contributed by atoms with E-state index in [4.69, 9.17) is 11.5 Å². The summed E-state index contributed by atoms with van der Waals surface area (Å²) >= 11 is 0.